The van der Waals surface area contributed by atoms with Gasteiger partial charge in [0.05, 0.1) is 5.56 Å². The van der Waals surface area contributed by atoms with E-state index < -0.39 is 17.6 Å². The summed E-state index contributed by atoms with van der Waals surface area (Å²) < 4.78 is 38.6. The van der Waals surface area contributed by atoms with E-state index in [0.717, 1.165) is 49.3 Å². The average Bonchev–Trinajstić information content (AvgIpc) is 2.68. The van der Waals surface area contributed by atoms with Gasteiger partial charge in [0.25, 0.3) is 5.91 Å². The summed E-state index contributed by atoms with van der Waals surface area (Å²) in [5.74, 6) is 0.928. The Morgan fingerprint density at radius 3 is 2.37 bits per heavy atom. The van der Waals surface area contributed by atoms with Gasteiger partial charge in [-0.3, -0.25) is 4.79 Å². The van der Waals surface area contributed by atoms with Crippen LogP contribution >= 0.6 is 0 Å². The number of carbonyl (C=O) groups excluding carboxylic acids is 1. The SMILES string of the molecule is Cc1cc(N(C)C)nc(N[C@H]2CC[C@@H](NC(=O)c3cccc(C(F)(F)F)c3)CC2)n1. The molecular formula is C21H26F3N5O. The van der Waals surface area contributed by atoms with Crippen LogP contribution < -0.4 is 15.5 Å². The second-order valence-electron chi connectivity index (χ2n) is 7.83. The molecular weight excluding hydrogens is 395 g/mol. The quantitative estimate of drug-likeness (QED) is 0.763. The van der Waals surface area contributed by atoms with E-state index in [-0.39, 0.29) is 17.6 Å². The lowest BCUT2D eigenvalue weighted by Crippen LogP contribution is -2.40. The molecule has 6 nitrogen and oxygen atoms in total. The van der Waals surface area contributed by atoms with Crippen LogP contribution in [0, 0.1) is 6.92 Å². The summed E-state index contributed by atoms with van der Waals surface area (Å²) >= 11 is 0. The Labute approximate surface area is 173 Å². The van der Waals surface area contributed by atoms with Gasteiger partial charge < -0.3 is 15.5 Å². The van der Waals surface area contributed by atoms with Gasteiger partial charge in [-0.05, 0) is 50.8 Å². The Morgan fingerprint density at radius 1 is 1.07 bits per heavy atom. The maximum Gasteiger partial charge on any atom is 0.416 e. The van der Waals surface area contributed by atoms with Crippen molar-refractivity contribution >= 4 is 17.7 Å². The van der Waals surface area contributed by atoms with Crippen LogP contribution in [0.4, 0.5) is 24.9 Å². The number of rotatable bonds is 5. The standard InChI is InChI=1S/C21H26F3N5O/c1-13-11-18(29(2)3)28-20(25-13)27-17-9-7-16(8-10-17)26-19(30)14-5-4-6-15(12-14)21(22,23)24/h4-6,11-12,16-17H,7-10H2,1-3H3,(H,26,30)(H,25,27,28)/t16-,17+. The van der Waals surface area contributed by atoms with E-state index in [0.29, 0.717) is 5.95 Å². The van der Waals surface area contributed by atoms with Crippen LogP contribution in [0.25, 0.3) is 0 Å². The number of hydrogen-bond acceptors (Lipinski definition) is 5. The number of benzene rings is 1. The van der Waals surface area contributed by atoms with Gasteiger partial charge in [-0.1, -0.05) is 6.07 Å². The number of nitrogens with zero attached hydrogens (tertiary/aromatic N) is 3. The Bertz CT molecular complexity index is 892. The minimum Gasteiger partial charge on any atom is -0.363 e. The summed E-state index contributed by atoms with van der Waals surface area (Å²) in [5.41, 5.74) is 0.0750. The van der Waals surface area contributed by atoms with E-state index in [9.17, 15) is 18.0 Å². The molecule has 1 aliphatic rings. The molecule has 162 valence electrons. The van der Waals surface area contributed by atoms with Crippen LogP contribution in [0.3, 0.4) is 0 Å². The van der Waals surface area contributed by atoms with E-state index in [1.165, 1.54) is 12.1 Å². The number of hydrogen-bond donors (Lipinski definition) is 2. The number of nitrogens with one attached hydrogen (secondary N) is 2. The monoisotopic (exact) mass is 421 g/mol. The van der Waals surface area contributed by atoms with Crippen LogP contribution in [0.5, 0.6) is 0 Å². The summed E-state index contributed by atoms with van der Waals surface area (Å²) in [6, 6.07) is 6.52. The highest BCUT2D eigenvalue weighted by molar-refractivity contribution is 5.94. The smallest absolute Gasteiger partial charge is 0.363 e. The van der Waals surface area contributed by atoms with Gasteiger partial charge in [-0.2, -0.15) is 18.2 Å². The molecule has 0 saturated heterocycles. The normalized spacial score (nSPS) is 19.3. The molecule has 1 saturated carbocycles. The largest absolute Gasteiger partial charge is 0.416 e. The van der Waals surface area contributed by atoms with E-state index in [1.807, 2.05) is 32.0 Å². The number of aromatic nitrogens is 2. The third kappa shape index (κ3) is 5.61. The van der Waals surface area contributed by atoms with Crippen LogP contribution in [-0.2, 0) is 6.18 Å². The zero-order chi connectivity index (χ0) is 21.9. The Hall–Kier alpha value is -2.84. The van der Waals surface area contributed by atoms with Crippen molar-refractivity contribution in [3.63, 3.8) is 0 Å². The Balaban J connectivity index is 1.54. The first-order valence-corrected chi connectivity index (χ1v) is 9.89. The molecule has 1 fully saturated rings. The van der Waals surface area contributed by atoms with Gasteiger partial charge in [-0.15, -0.1) is 0 Å². The summed E-state index contributed by atoms with van der Waals surface area (Å²) in [5, 5.41) is 6.22. The van der Waals surface area contributed by atoms with Crippen LogP contribution in [0.1, 0.15) is 47.3 Å². The Morgan fingerprint density at radius 2 is 1.73 bits per heavy atom. The number of halogens is 3. The topological polar surface area (TPSA) is 70.2 Å². The molecule has 2 N–H and O–H groups in total. The van der Waals surface area contributed by atoms with Gasteiger partial charge in [0.2, 0.25) is 5.95 Å². The van der Waals surface area contributed by atoms with Crippen molar-refractivity contribution in [1.82, 2.24) is 15.3 Å². The van der Waals surface area contributed by atoms with E-state index in [2.05, 4.69) is 20.6 Å². The molecule has 0 bridgehead atoms. The summed E-state index contributed by atoms with van der Waals surface area (Å²) in [6.07, 6.45) is -1.39. The molecule has 1 amide bonds. The van der Waals surface area contributed by atoms with Gasteiger partial charge in [0.15, 0.2) is 0 Å². The molecule has 1 aromatic carbocycles. The van der Waals surface area contributed by atoms with Crippen molar-refractivity contribution in [3.05, 3.63) is 47.2 Å². The van der Waals surface area contributed by atoms with Crippen molar-refractivity contribution in [2.45, 2.75) is 50.9 Å². The zero-order valence-corrected chi connectivity index (χ0v) is 17.3. The lowest BCUT2D eigenvalue weighted by Gasteiger charge is -2.30. The lowest BCUT2D eigenvalue weighted by atomic mass is 9.91. The van der Waals surface area contributed by atoms with Crippen molar-refractivity contribution in [2.75, 3.05) is 24.3 Å². The maximum atomic E-state index is 12.9. The second kappa shape index (κ2) is 8.89. The molecule has 1 heterocycles. The van der Waals surface area contributed by atoms with Gasteiger partial charge in [0.1, 0.15) is 5.82 Å². The highest BCUT2D eigenvalue weighted by atomic mass is 19.4. The molecule has 1 aliphatic carbocycles. The van der Waals surface area contributed by atoms with E-state index >= 15 is 0 Å². The van der Waals surface area contributed by atoms with Gasteiger partial charge in [0, 0.05) is 43.5 Å². The van der Waals surface area contributed by atoms with E-state index in [1.54, 1.807) is 0 Å². The molecule has 0 unspecified atom stereocenters. The van der Waals surface area contributed by atoms with Crippen molar-refractivity contribution < 1.29 is 18.0 Å². The molecule has 0 aliphatic heterocycles. The number of anilines is 2. The predicted molar refractivity (Wildman–Crippen MR) is 110 cm³/mol. The third-order valence-electron chi connectivity index (χ3n) is 5.15. The number of alkyl halides is 3. The Kier molecular flexibility index (Phi) is 6.48. The van der Waals surface area contributed by atoms with Gasteiger partial charge >= 0.3 is 6.18 Å². The minimum absolute atomic E-state index is 0.0226. The van der Waals surface area contributed by atoms with Crippen LogP contribution in [0.15, 0.2) is 30.3 Å². The fourth-order valence-electron chi connectivity index (χ4n) is 3.52. The molecule has 30 heavy (non-hydrogen) atoms. The first-order chi connectivity index (χ1) is 14.1. The van der Waals surface area contributed by atoms with Gasteiger partial charge in [-0.25, -0.2) is 4.98 Å². The minimum atomic E-state index is -4.47. The molecule has 0 atom stereocenters. The predicted octanol–water partition coefficient (Wildman–Crippen LogP) is 4.02. The summed E-state index contributed by atoms with van der Waals surface area (Å²) in [4.78, 5) is 23.2. The summed E-state index contributed by atoms with van der Waals surface area (Å²) in [7, 11) is 3.84. The van der Waals surface area contributed by atoms with Crippen molar-refractivity contribution in [1.29, 1.82) is 0 Å². The molecule has 0 radical (unpaired) electrons. The number of aryl methyl sites for hydroxylation is 1. The van der Waals surface area contributed by atoms with Crippen molar-refractivity contribution in [3.8, 4) is 0 Å². The number of carbonyl (C=O) groups is 1. The van der Waals surface area contributed by atoms with E-state index in [4.69, 9.17) is 0 Å². The lowest BCUT2D eigenvalue weighted by molar-refractivity contribution is -0.137. The molecule has 2 aromatic rings. The first-order valence-electron chi connectivity index (χ1n) is 9.89. The second-order valence-corrected chi connectivity index (χ2v) is 7.83. The maximum absolute atomic E-state index is 12.9. The van der Waals surface area contributed by atoms with Crippen molar-refractivity contribution in [2.24, 2.45) is 0 Å². The number of amides is 1. The molecule has 3 rings (SSSR count). The summed E-state index contributed by atoms with van der Waals surface area (Å²) in [6.45, 7) is 1.92. The van der Waals surface area contributed by atoms with Crippen LogP contribution in [0.2, 0.25) is 0 Å². The fraction of sp³-hybridized carbons (Fsp3) is 0.476. The van der Waals surface area contributed by atoms with Crippen LogP contribution in [-0.4, -0.2) is 42.1 Å². The zero-order valence-electron chi connectivity index (χ0n) is 17.3. The highest BCUT2D eigenvalue weighted by Gasteiger charge is 2.31. The molecule has 0 spiro atoms. The first kappa shape index (κ1) is 21.9. The molecule has 9 heteroatoms. The highest BCUT2D eigenvalue weighted by Crippen LogP contribution is 2.29. The molecule has 1 aromatic heterocycles. The third-order valence-corrected chi connectivity index (χ3v) is 5.15. The fourth-order valence-corrected chi connectivity index (χ4v) is 3.52. The average molecular weight is 421 g/mol.